The summed E-state index contributed by atoms with van der Waals surface area (Å²) in [5, 5.41) is 14.6. The topological polar surface area (TPSA) is 90.7 Å². The number of aromatic nitrogens is 2. The van der Waals surface area contributed by atoms with Crippen molar-refractivity contribution in [3.63, 3.8) is 0 Å². The van der Waals surface area contributed by atoms with Crippen LogP contribution in [0.2, 0.25) is 0 Å². The average molecular weight is 480 g/mol. The predicted octanol–water partition coefficient (Wildman–Crippen LogP) is 1.81. The number of rotatable bonds is 6. The fourth-order valence-corrected chi connectivity index (χ4v) is 5.84. The molecule has 3 aliphatic rings. The molecule has 1 amide bonds. The monoisotopic (exact) mass is 479 g/mol. The van der Waals surface area contributed by atoms with E-state index >= 15 is 0 Å². The Bertz CT molecular complexity index is 1060. The van der Waals surface area contributed by atoms with Crippen LogP contribution in [0.25, 0.3) is 0 Å². The highest BCUT2D eigenvalue weighted by atomic mass is 16.3. The minimum Gasteiger partial charge on any atom is -0.388 e. The van der Waals surface area contributed by atoms with Gasteiger partial charge in [0.05, 0.1) is 18.5 Å². The van der Waals surface area contributed by atoms with Crippen LogP contribution in [0, 0.1) is 5.41 Å². The Balaban J connectivity index is 1.12. The van der Waals surface area contributed by atoms with Crippen LogP contribution in [0.15, 0.2) is 47.5 Å². The quantitative estimate of drug-likeness (QED) is 0.657. The van der Waals surface area contributed by atoms with Crippen LogP contribution in [-0.4, -0.2) is 70.3 Å². The molecule has 3 fully saturated rings. The Morgan fingerprint density at radius 1 is 1.03 bits per heavy atom. The third kappa shape index (κ3) is 5.59. The van der Waals surface area contributed by atoms with Gasteiger partial charge in [-0.2, -0.15) is 0 Å². The summed E-state index contributed by atoms with van der Waals surface area (Å²) in [5.74, 6) is 0.855. The number of benzene rings is 1. The summed E-state index contributed by atoms with van der Waals surface area (Å²) in [6, 6.07) is 11.6. The van der Waals surface area contributed by atoms with E-state index in [1.54, 1.807) is 12.4 Å². The van der Waals surface area contributed by atoms with Gasteiger partial charge in [0.2, 0.25) is 5.91 Å². The molecule has 3 saturated heterocycles. The highest BCUT2D eigenvalue weighted by Crippen LogP contribution is 2.37. The summed E-state index contributed by atoms with van der Waals surface area (Å²) >= 11 is 0. The minimum absolute atomic E-state index is 0.121. The lowest BCUT2D eigenvalue weighted by Crippen LogP contribution is -2.49. The summed E-state index contributed by atoms with van der Waals surface area (Å²) < 4.78 is 1.52. The number of hydrogen-bond acceptors (Lipinski definition) is 6. The van der Waals surface area contributed by atoms with Crippen LogP contribution in [0.1, 0.15) is 44.1 Å². The molecular formula is C27H37N5O3. The van der Waals surface area contributed by atoms with Crippen LogP contribution in [-0.2, 0) is 17.8 Å². The third-order valence-electron chi connectivity index (χ3n) is 8.33. The van der Waals surface area contributed by atoms with Crippen molar-refractivity contribution in [3.05, 3.63) is 58.6 Å². The van der Waals surface area contributed by atoms with E-state index in [4.69, 9.17) is 0 Å². The molecule has 0 unspecified atom stereocenters. The molecule has 0 saturated carbocycles. The molecule has 4 heterocycles. The first-order valence-corrected chi connectivity index (χ1v) is 13.0. The highest BCUT2D eigenvalue weighted by molar-refractivity contribution is 5.76. The zero-order valence-corrected chi connectivity index (χ0v) is 20.5. The molecule has 8 heteroatoms. The summed E-state index contributed by atoms with van der Waals surface area (Å²) in [5.41, 5.74) is 0.444. The van der Waals surface area contributed by atoms with Gasteiger partial charge >= 0.3 is 0 Å². The normalized spacial score (nSPS) is 21.4. The zero-order valence-electron chi connectivity index (χ0n) is 20.5. The molecule has 0 radical (unpaired) electrons. The van der Waals surface area contributed by atoms with E-state index in [2.05, 4.69) is 15.2 Å². The molecule has 0 atom stereocenters. The summed E-state index contributed by atoms with van der Waals surface area (Å²) in [4.78, 5) is 34.1. The van der Waals surface area contributed by atoms with E-state index in [0.717, 1.165) is 56.8 Å². The molecule has 5 rings (SSSR count). The van der Waals surface area contributed by atoms with Crippen molar-refractivity contribution < 1.29 is 9.90 Å². The Kier molecular flexibility index (Phi) is 6.93. The molecule has 188 valence electrons. The van der Waals surface area contributed by atoms with Crippen molar-refractivity contribution >= 4 is 11.7 Å². The summed E-state index contributed by atoms with van der Waals surface area (Å²) in [7, 11) is 0. The molecular weight excluding hydrogens is 442 g/mol. The first-order chi connectivity index (χ1) is 16.9. The number of nitrogens with one attached hydrogen (secondary N) is 1. The molecule has 1 spiro atoms. The first kappa shape index (κ1) is 24.0. The molecule has 0 aliphatic carbocycles. The molecule has 1 aromatic carbocycles. The zero-order chi connectivity index (χ0) is 24.3. The second-order valence-corrected chi connectivity index (χ2v) is 10.7. The fourth-order valence-electron chi connectivity index (χ4n) is 5.84. The first-order valence-electron chi connectivity index (χ1n) is 13.0. The lowest BCUT2D eigenvalue weighted by molar-refractivity contribution is -0.135. The van der Waals surface area contributed by atoms with Gasteiger partial charge in [-0.1, -0.05) is 30.3 Å². The number of amides is 1. The molecule has 3 aliphatic heterocycles. The van der Waals surface area contributed by atoms with Crippen molar-refractivity contribution in [2.75, 3.05) is 44.2 Å². The largest absolute Gasteiger partial charge is 0.388 e. The van der Waals surface area contributed by atoms with Crippen molar-refractivity contribution in [3.8, 4) is 0 Å². The van der Waals surface area contributed by atoms with Crippen molar-refractivity contribution in [2.45, 2.75) is 57.1 Å². The minimum atomic E-state index is -1.00. The van der Waals surface area contributed by atoms with Gasteiger partial charge in [-0.15, -0.1) is 0 Å². The number of aliphatic hydroxyl groups is 1. The highest BCUT2D eigenvalue weighted by Gasteiger charge is 2.38. The van der Waals surface area contributed by atoms with Crippen LogP contribution in [0.4, 0.5) is 5.82 Å². The number of hydrogen-bond donors (Lipinski definition) is 2. The van der Waals surface area contributed by atoms with Gasteiger partial charge in [0.25, 0.3) is 5.56 Å². The Morgan fingerprint density at radius 2 is 1.77 bits per heavy atom. The second-order valence-electron chi connectivity index (χ2n) is 10.7. The van der Waals surface area contributed by atoms with Gasteiger partial charge in [0, 0.05) is 45.2 Å². The smallest absolute Gasteiger partial charge is 0.255 e. The van der Waals surface area contributed by atoms with Gasteiger partial charge in [0.1, 0.15) is 5.82 Å². The third-order valence-corrected chi connectivity index (χ3v) is 8.33. The SMILES string of the molecule is O=C(CCc1ccccc1)N1CCC(O)(Cn2cnc(N3CCC4(CCNC4)CC3)cc2=O)CC1. The van der Waals surface area contributed by atoms with Crippen molar-refractivity contribution in [1.29, 1.82) is 0 Å². The second kappa shape index (κ2) is 10.1. The molecule has 2 N–H and O–H groups in total. The maximum absolute atomic E-state index is 12.9. The maximum atomic E-state index is 12.9. The number of carbonyl (C=O) groups is 1. The van der Waals surface area contributed by atoms with Crippen LogP contribution in [0.3, 0.4) is 0 Å². The van der Waals surface area contributed by atoms with Gasteiger partial charge in [-0.05, 0) is 56.0 Å². The van der Waals surface area contributed by atoms with Crippen molar-refractivity contribution in [2.24, 2.45) is 5.41 Å². The van der Waals surface area contributed by atoms with Crippen LogP contribution in [0.5, 0.6) is 0 Å². The summed E-state index contributed by atoms with van der Waals surface area (Å²) in [6.45, 7) is 5.29. The van der Waals surface area contributed by atoms with Crippen molar-refractivity contribution in [1.82, 2.24) is 19.8 Å². The fraction of sp³-hybridized carbons (Fsp3) is 0.593. The Labute approximate surface area is 207 Å². The van der Waals surface area contributed by atoms with Gasteiger partial charge in [0.15, 0.2) is 0 Å². The maximum Gasteiger partial charge on any atom is 0.255 e. The van der Waals surface area contributed by atoms with Crippen LogP contribution < -0.4 is 15.8 Å². The lowest BCUT2D eigenvalue weighted by Gasteiger charge is -2.39. The molecule has 2 aromatic rings. The molecule has 1 aromatic heterocycles. The summed E-state index contributed by atoms with van der Waals surface area (Å²) in [6.07, 6.45) is 7.19. The van der Waals surface area contributed by atoms with Gasteiger partial charge in [-0.25, -0.2) is 4.98 Å². The number of nitrogens with zero attached hydrogens (tertiary/aromatic N) is 4. The predicted molar refractivity (Wildman–Crippen MR) is 135 cm³/mol. The van der Waals surface area contributed by atoms with E-state index in [-0.39, 0.29) is 18.0 Å². The van der Waals surface area contributed by atoms with Crippen LogP contribution >= 0.6 is 0 Å². The number of carbonyl (C=O) groups excluding carboxylic acids is 1. The number of aryl methyl sites for hydroxylation is 1. The number of anilines is 1. The van der Waals surface area contributed by atoms with E-state index in [0.29, 0.717) is 37.8 Å². The average Bonchev–Trinajstić information content (AvgIpc) is 3.33. The molecule has 0 bridgehead atoms. The Hall–Kier alpha value is -2.71. The van der Waals surface area contributed by atoms with Gasteiger partial charge in [-0.3, -0.25) is 14.2 Å². The van der Waals surface area contributed by atoms with E-state index in [1.807, 2.05) is 35.2 Å². The van der Waals surface area contributed by atoms with Gasteiger partial charge < -0.3 is 20.2 Å². The lowest BCUT2D eigenvalue weighted by atomic mass is 9.78. The van der Waals surface area contributed by atoms with E-state index < -0.39 is 5.60 Å². The standard InChI is InChI=1S/C27H37N5O3/c33-24(7-6-22-4-2-1-3-5-22)31-16-11-27(35,12-17-31)20-32-21-29-23(18-25(32)34)30-14-9-26(10-15-30)8-13-28-19-26/h1-5,18,21,28,35H,6-17,19-20H2. The molecule has 35 heavy (non-hydrogen) atoms. The van der Waals surface area contributed by atoms with E-state index in [1.165, 1.54) is 11.0 Å². The number of likely N-dealkylation sites (tertiary alicyclic amines) is 1. The molecule has 8 nitrogen and oxygen atoms in total. The van der Waals surface area contributed by atoms with E-state index in [9.17, 15) is 14.7 Å². The number of piperidine rings is 2. The Morgan fingerprint density at radius 3 is 2.43 bits per heavy atom.